The van der Waals surface area contributed by atoms with Gasteiger partial charge in [-0.1, -0.05) is 11.8 Å². The third-order valence-corrected chi connectivity index (χ3v) is 2.27. The second-order valence-electron chi connectivity index (χ2n) is 2.66. The quantitative estimate of drug-likeness (QED) is 0.779. The Morgan fingerprint density at radius 1 is 1.40 bits per heavy atom. The molecule has 0 aliphatic carbocycles. The van der Waals surface area contributed by atoms with E-state index in [0.717, 1.165) is 0 Å². The van der Waals surface area contributed by atoms with Crippen molar-refractivity contribution in [1.29, 1.82) is 0 Å². The average molecular weight is 232 g/mol. The molecular formula is C9H10F2N2OS. The number of nitrogens with two attached hydrogens (primary N) is 1. The Kier molecular flexibility index (Phi) is 4.51. The summed E-state index contributed by atoms with van der Waals surface area (Å²) in [5.41, 5.74) is 5.65. The van der Waals surface area contributed by atoms with Gasteiger partial charge < -0.3 is 11.1 Å². The summed E-state index contributed by atoms with van der Waals surface area (Å²) in [5.74, 6) is -2.75. The van der Waals surface area contributed by atoms with E-state index in [1.807, 2.05) is 0 Å². The summed E-state index contributed by atoms with van der Waals surface area (Å²) in [6, 6.07) is 6.14. The number of carbonyl (C=O) groups excluding carboxylic acids is 1. The van der Waals surface area contributed by atoms with Gasteiger partial charge in [-0.2, -0.15) is 8.78 Å². The molecule has 0 unspecified atom stereocenters. The highest BCUT2D eigenvalue weighted by Gasteiger charge is 2.05. The SMILES string of the molecule is NCC(=O)Nc1ccc(SC(F)F)cc1. The zero-order valence-corrected chi connectivity index (χ0v) is 8.56. The lowest BCUT2D eigenvalue weighted by Gasteiger charge is -2.04. The van der Waals surface area contributed by atoms with Crippen LogP contribution < -0.4 is 11.1 Å². The van der Waals surface area contributed by atoms with E-state index in [1.54, 1.807) is 12.1 Å². The van der Waals surface area contributed by atoms with Gasteiger partial charge >= 0.3 is 0 Å². The van der Waals surface area contributed by atoms with Gasteiger partial charge in [-0.25, -0.2) is 0 Å². The lowest BCUT2D eigenvalue weighted by Crippen LogP contribution is -2.21. The van der Waals surface area contributed by atoms with Crippen molar-refractivity contribution in [2.75, 3.05) is 11.9 Å². The van der Waals surface area contributed by atoms with Crippen molar-refractivity contribution in [3.63, 3.8) is 0 Å². The number of hydrogen-bond donors (Lipinski definition) is 2. The molecule has 82 valence electrons. The Morgan fingerprint density at radius 3 is 2.47 bits per heavy atom. The van der Waals surface area contributed by atoms with Gasteiger partial charge in [0.2, 0.25) is 5.91 Å². The van der Waals surface area contributed by atoms with Crippen molar-refractivity contribution >= 4 is 23.4 Å². The van der Waals surface area contributed by atoms with E-state index in [-0.39, 0.29) is 12.5 Å². The van der Waals surface area contributed by atoms with E-state index in [0.29, 0.717) is 22.3 Å². The van der Waals surface area contributed by atoms with E-state index in [2.05, 4.69) is 5.32 Å². The summed E-state index contributed by atoms with van der Waals surface area (Å²) in [5, 5.41) is 2.51. The van der Waals surface area contributed by atoms with Crippen molar-refractivity contribution in [2.24, 2.45) is 5.73 Å². The van der Waals surface area contributed by atoms with Crippen molar-refractivity contribution in [2.45, 2.75) is 10.7 Å². The second-order valence-corrected chi connectivity index (χ2v) is 3.72. The first-order chi connectivity index (χ1) is 7.11. The predicted octanol–water partition coefficient (Wildman–Crippen LogP) is 1.90. The number of benzene rings is 1. The summed E-state index contributed by atoms with van der Waals surface area (Å²) in [6.45, 7) is -0.104. The van der Waals surface area contributed by atoms with E-state index in [1.165, 1.54) is 12.1 Å². The standard InChI is InChI=1S/C9H10F2N2OS/c10-9(11)15-7-3-1-6(2-4-7)13-8(14)5-12/h1-4,9H,5,12H2,(H,13,14). The Morgan fingerprint density at radius 2 is 2.00 bits per heavy atom. The first-order valence-corrected chi connectivity index (χ1v) is 5.04. The number of nitrogens with one attached hydrogen (secondary N) is 1. The minimum Gasteiger partial charge on any atom is -0.325 e. The summed E-state index contributed by atoms with van der Waals surface area (Å²) in [4.78, 5) is 11.3. The van der Waals surface area contributed by atoms with Crippen molar-refractivity contribution < 1.29 is 13.6 Å². The molecule has 3 nitrogen and oxygen atoms in total. The minimum absolute atomic E-state index is 0.104. The highest BCUT2D eigenvalue weighted by molar-refractivity contribution is 7.99. The molecule has 1 aromatic carbocycles. The van der Waals surface area contributed by atoms with Gasteiger partial charge in [0.05, 0.1) is 6.54 Å². The fourth-order valence-electron chi connectivity index (χ4n) is 0.932. The Bertz CT molecular complexity index is 329. The van der Waals surface area contributed by atoms with Crippen LogP contribution in [0.3, 0.4) is 0 Å². The second kappa shape index (κ2) is 5.67. The summed E-state index contributed by atoms with van der Waals surface area (Å²) in [7, 11) is 0. The molecule has 15 heavy (non-hydrogen) atoms. The van der Waals surface area contributed by atoms with Gasteiger partial charge in [0.25, 0.3) is 5.76 Å². The number of thioether (sulfide) groups is 1. The maximum atomic E-state index is 12.0. The highest BCUT2D eigenvalue weighted by Crippen LogP contribution is 2.25. The minimum atomic E-state index is -2.44. The van der Waals surface area contributed by atoms with E-state index in [4.69, 9.17) is 5.73 Å². The zero-order valence-electron chi connectivity index (χ0n) is 7.74. The first-order valence-electron chi connectivity index (χ1n) is 4.16. The molecule has 0 spiro atoms. The van der Waals surface area contributed by atoms with Crippen LogP contribution >= 0.6 is 11.8 Å². The lowest BCUT2D eigenvalue weighted by atomic mass is 10.3. The Hall–Kier alpha value is -1.14. The molecule has 0 bridgehead atoms. The normalized spacial score (nSPS) is 10.4. The maximum absolute atomic E-state index is 12.0. The maximum Gasteiger partial charge on any atom is 0.288 e. The van der Waals surface area contributed by atoms with Gasteiger partial charge in [0.1, 0.15) is 0 Å². The summed E-state index contributed by atoms with van der Waals surface area (Å²) < 4.78 is 23.9. The Balaban J connectivity index is 2.60. The fraction of sp³-hybridized carbons (Fsp3) is 0.222. The van der Waals surface area contributed by atoms with E-state index in [9.17, 15) is 13.6 Å². The van der Waals surface area contributed by atoms with Crippen LogP contribution in [0, 0.1) is 0 Å². The first kappa shape index (κ1) is 11.9. The molecule has 0 atom stereocenters. The highest BCUT2D eigenvalue weighted by atomic mass is 32.2. The number of alkyl halides is 2. The van der Waals surface area contributed by atoms with Crippen molar-refractivity contribution in [1.82, 2.24) is 0 Å². The van der Waals surface area contributed by atoms with E-state index < -0.39 is 5.76 Å². The monoisotopic (exact) mass is 232 g/mol. The molecule has 0 aromatic heterocycles. The fourth-order valence-corrected chi connectivity index (χ4v) is 1.43. The number of amides is 1. The molecular weight excluding hydrogens is 222 g/mol. The number of hydrogen-bond acceptors (Lipinski definition) is 3. The lowest BCUT2D eigenvalue weighted by molar-refractivity contribution is -0.114. The van der Waals surface area contributed by atoms with Crippen LogP contribution in [0.4, 0.5) is 14.5 Å². The van der Waals surface area contributed by atoms with Gasteiger partial charge in [0.15, 0.2) is 0 Å². The molecule has 0 fully saturated rings. The number of rotatable bonds is 4. The smallest absolute Gasteiger partial charge is 0.288 e. The largest absolute Gasteiger partial charge is 0.325 e. The number of anilines is 1. The van der Waals surface area contributed by atoms with Crippen LogP contribution in [0.2, 0.25) is 0 Å². The molecule has 0 aliphatic rings. The molecule has 0 radical (unpaired) electrons. The molecule has 6 heteroatoms. The van der Waals surface area contributed by atoms with E-state index >= 15 is 0 Å². The van der Waals surface area contributed by atoms with Crippen LogP contribution in [0.25, 0.3) is 0 Å². The van der Waals surface area contributed by atoms with Crippen LogP contribution in [-0.2, 0) is 4.79 Å². The van der Waals surface area contributed by atoms with Crippen LogP contribution in [0.1, 0.15) is 0 Å². The third kappa shape index (κ3) is 4.26. The molecule has 0 saturated heterocycles. The number of halogens is 2. The van der Waals surface area contributed by atoms with Crippen LogP contribution in [0.5, 0.6) is 0 Å². The molecule has 0 saturated carbocycles. The van der Waals surface area contributed by atoms with Gasteiger partial charge in [-0.15, -0.1) is 0 Å². The van der Waals surface area contributed by atoms with Crippen LogP contribution in [-0.4, -0.2) is 18.2 Å². The molecule has 1 aromatic rings. The zero-order chi connectivity index (χ0) is 11.3. The van der Waals surface area contributed by atoms with Gasteiger partial charge in [-0.05, 0) is 24.3 Å². The van der Waals surface area contributed by atoms with Gasteiger partial charge in [-0.3, -0.25) is 4.79 Å². The molecule has 3 N–H and O–H groups in total. The van der Waals surface area contributed by atoms with Crippen molar-refractivity contribution in [3.05, 3.63) is 24.3 Å². The van der Waals surface area contributed by atoms with Crippen LogP contribution in [0.15, 0.2) is 29.2 Å². The van der Waals surface area contributed by atoms with Gasteiger partial charge in [0, 0.05) is 10.6 Å². The third-order valence-electron chi connectivity index (χ3n) is 1.55. The molecule has 0 heterocycles. The predicted molar refractivity (Wildman–Crippen MR) is 56.0 cm³/mol. The molecule has 1 amide bonds. The summed E-state index contributed by atoms with van der Waals surface area (Å²) >= 11 is 0.461. The topological polar surface area (TPSA) is 55.1 Å². The number of carbonyl (C=O) groups is 1. The Labute approximate surface area is 90.0 Å². The molecule has 0 aliphatic heterocycles. The summed E-state index contributed by atoms with van der Waals surface area (Å²) in [6.07, 6.45) is 0. The van der Waals surface area contributed by atoms with Crippen molar-refractivity contribution in [3.8, 4) is 0 Å². The molecule has 1 rings (SSSR count). The average Bonchev–Trinajstić information content (AvgIpc) is 2.20.